The maximum absolute atomic E-state index is 11.8. The van der Waals surface area contributed by atoms with E-state index in [9.17, 15) is 18.0 Å². The molecule has 1 nitrogen and oxygen atoms in total. The Morgan fingerprint density at radius 3 is 2.29 bits per heavy atom. The predicted octanol–water partition coefficient (Wildman–Crippen LogP) is 2.91. The molecular formula is C9H7F3OS. The molecular weight excluding hydrogens is 214 g/mol. The van der Waals surface area contributed by atoms with E-state index in [1.165, 1.54) is 0 Å². The summed E-state index contributed by atoms with van der Waals surface area (Å²) in [4.78, 5) is 11.1. The van der Waals surface area contributed by atoms with Crippen molar-refractivity contribution in [2.75, 3.05) is 5.75 Å². The van der Waals surface area contributed by atoms with Gasteiger partial charge < -0.3 is 0 Å². The number of carbonyl (C=O) groups excluding carboxylic acids is 1. The Morgan fingerprint density at radius 1 is 1.21 bits per heavy atom. The number of halogens is 3. The van der Waals surface area contributed by atoms with Gasteiger partial charge in [0.2, 0.25) is 5.78 Å². The highest BCUT2D eigenvalue weighted by Gasteiger charge is 2.37. The van der Waals surface area contributed by atoms with E-state index in [-0.39, 0.29) is 0 Å². The van der Waals surface area contributed by atoms with Gasteiger partial charge in [0.1, 0.15) is 0 Å². The molecule has 0 radical (unpaired) electrons. The van der Waals surface area contributed by atoms with Crippen LogP contribution >= 0.6 is 11.8 Å². The third-order valence-corrected chi connectivity index (χ3v) is 2.44. The highest BCUT2D eigenvalue weighted by molar-refractivity contribution is 8.00. The quantitative estimate of drug-likeness (QED) is 0.576. The largest absolute Gasteiger partial charge is 0.450 e. The Bertz CT molecular complexity index is 308. The van der Waals surface area contributed by atoms with Gasteiger partial charge in [-0.15, -0.1) is 11.8 Å². The Kier molecular flexibility index (Phi) is 3.57. The van der Waals surface area contributed by atoms with E-state index in [1.807, 2.05) is 0 Å². The molecule has 0 amide bonds. The maximum Gasteiger partial charge on any atom is 0.450 e. The van der Waals surface area contributed by atoms with E-state index in [0.29, 0.717) is 4.90 Å². The van der Waals surface area contributed by atoms with Gasteiger partial charge in [0.25, 0.3) is 0 Å². The fourth-order valence-corrected chi connectivity index (χ4v) is 1.56. The first-order valence-electron chi connectivity index (χ1n) is 3.78. The maximum atomic E-state index is 11.8. The molecule has 0 aromatic heterocycles. The second kappa shape index (κ2) is 4.50. The van der Waals surface area contributed by atoms with Crippen LogP contribution in [0.3, 0.4) is 0 Å². The topological polar surface area (TPSA) is 17.1 Å². The van der Waals surface area contributed by atoms with Gasteiger partial charge in [-0.1, -0.05) is 18.2 Å². The number of hydrogen-bond donors (Lipinski definition) is 0. The van der Waals surface area contributed by atoms with Crippen molar-refractivity contribution in [1.82, 2.24) is 0 Å². The van der Waals surface area contributed by atoms with Crippen molar-refractivity contribution in [1.29, 1.82) is 0 Å². The molecule has 0 spiro atoms. The number of carbonyl (C=O) groups is 1. The van der Waals surface area contributed by atoms with E-state index in [0.717, 1.165) is 11.8 Å². The normalized spacial score (nSPS) is 11.4. The van der Waals surface area contributed by atoms with Crippen molar-refractivity contribution in [2.24, 2.45) is 0 Å². The Hall–Kier alpha value is -0.970. The molecule has 0 N–H and O–H groups in total. The third kappa shape index (κ3) is 3.41. The molecule has 1 aromatic rings. The number of alkyl halides is 3. The zero-order valence-electron chi connectivity index (χ0n) is 7.04. The number of Topliss-reactive ketones (excluding diaryl/α,β-unsaturated/α-hetero) is 1. The van der Waals surface area contributed by atoms with Crippen molar-refractivity contribution in [3.05, 3.63) is 30.3 Å². The van der Waals surface area contributed by atoms with Crippen LogP contribution in [-0.4, -0.2) is 17.7 Å². The van der Waals surface area contributed by atoms with Crippen LogP contribution < -0.4 is 0 Å². The predicted molar refractivity (Wildman–Crippen MR) is 48.2 cm³/mol. The van der Waals surface area contributed by atoms with Crippen LogP contribution in [0.2, 0.25) is 0 Å². The van der Waals surface area contributed by atoms with Gasteiger partial charge in [-0.25, -0.2) is 0 Å². The van der Waals surface area contributed by atoms with Gasteiger partial charge in [-0.2, -0.15) is 13.2 Å². The number of rotatable bonds is 3. The summed E-state index contributed by atoms with van der Waals surface area (Å²) in [5, 5.41) is 0. The van der Waals surface area contributed by atoms with Gasteiger partial charge in [-0.3, -0.25) is 4.79 Å². The highest BCUT2D eigenvalue weighted by Crippen LogP contribution is 2.23. The first kappa shape index (κ1) is 11.1. The third-order valence-electron chi connectivity index (χ3n) is 1.43. The fraction of sp³-hybridized carbons (Fsp3) is 0.222. The lowest BCUT2D eigenvalue weighted by Crippen LogP contribution is -2.24. The minimum Gasteiger partial charge on any atom is -0.289 e. The second-order valence-corrected chi connectivity index (χ2v) is 3.57. The molecule has 0 bridgehead atoms. The molecule has 0 fully saturated rings. The number of ketones is 1. The SMILES string of the molecule is O=[13C](CSc1ccccc1)C(F)(F)F. The standard InChI is InChI=1S/C9H7F3OS/c10-9(11,12)8(13)6-14-7-4-2-1-3-5-7/h1-5H,6H2/i8+1. The highest BCUT2D eigenvalue weighted by atomic mass is 32.2. The van der Waals surface area contributed by atoms with E-state index < -0.39 is 17.7 Å². The van der Waals surface area contributed by atoms with Crippen LogP contribution in [0.1, 0.15) is 0 Å². The smallest absolute Gasteiger partial charge is 0.289 e. The molecule has 0 aliphatic heterocycles. The van der Waals surface area contributed by atoms with Crippen LogP contribution in [0, 0.1) is 0 Å². The molecule has 0 saturated carbocycles. The van der Waals surface area contributed by atoms with E-state index in [1.54, 1.807) is 30.3 Å². The average molecular weight is 221 g/mol. The van der Waals surface area contributed by atoms with Crippen molar-refractivity contribution < 1.29 is 18.0 Å². The summed E-state index contributed by atoms with van der Waals surface area (Å²) in [6, 6.07) is 8.50. The summed E-state index contributed by atoms with van der Waals surface area (Å²) in [7, 11) is 0. The van der Waals surface area contributed by atoms with Gasteiger partial charge in [0, 0.05) is 4.90 Å². The molecule has 1 rings (SSSR count). The fourth-order valence-electron chi connectivity index (χ4n) is 0.747. The summed E-state index contributed by atoms with van der Waals surface area (Å²) < 4.78 is 35.4. The van der Waals surface area contributed by atoms with Crippen LogP contribution in [-0.2, 0) is 4.79 Å². The molecule has 0 unspecified atom stereocenters. The van der Waals surface area contributed by atoms with Crippen molar-refractivity contribution in [3.8, 4) is 0 Å². The lowest BCUT2D eigenvalue weighted by Gasteiger charge is -2.04. The van der Waals surface area contributed by atoms with Gasteiger partial charge >= 0.3 is 6.18 Å². The first-order valence-corrected chi connectivity index (χ1v) is 4.76. The van der Waals surface area contributed by atoms with Gasteiger partial charge in [0.15, 0.2) is 0 Å². The summed E-state index contributed by atoms with van der Waals surface area (Å²) in [6.45, 7) is 0. The van der Waals surface area contributed by atoms with Crippen LogP contribution in [0.15, 0.2) is 35.2 Å². The minimum atomic E-state index is -4.72. The van der Waals surface area contributed by atoms with Crippen LogP contribution in [0.25, 0.3) is 0 Å². The van der Waals surface area contributed by atoms with Crippen molar-refractivity contribution >= 4 is 17.5 Å². The molecule has 5 heteroatoms. The summed E-state index contributed by atoms with van der Waals surface area (Å²) in [5.74, 6) is -2.26. The molecule has 0 aliphatic rings. The zero-order chi connectivity index (χ0) is 10.6. The Balaban J connectivity index is 2.46. The Labute approximate surface area is 83.3 Å². The van der Waals surface area contributed by atoms with Gasteiger partial charge in [-0.05, 0) is 12.1 Å². The number of hydrogen-bond acceptors (Lipinski definition) is 2. The average Bonchev–Trinajstić information content (AvgIpc) is 2.14. The summed E-state index contributed by atoms with van der Waals surface area (Å²) in [5.41, 5.74) is 0. The number of thioether (sulfide) groups is 1. The molecule has 76 valence electrons. The summed E-state index contributed by atoms with van der Waals surface area (Å²) in [6.07, 6.45) is -4.72. The van der Waals surface area contributed by atoms with Crippen LogP contribution in [0.4, 0.5) is 13.2 Å². The monoisotopic (exact) mass is 221 g/mol. The molecule has 0 heterocycles. The first-order chi connectivity index (χ1) is 6.50. The lowest BCUT2D eigenvalue weighted by atomic mass is 10.4. The molecule has 14 heavy (non-hydrogen) atoms. The molecule has 0 saturated heterocycles. The van der Waals surface area contributed by atoms with Crippen molar-refractivity contribution in [2.45, 2.75) is 11.1 Å². The minimum absolute atomic E-state index is 0.562. The van der Waals surface area contributed by atoms with Gasteiger partial charge in [0.05, 0.1) is 5.75 Å². The van der Waals surface area contributed by atoms with Crippen molar-refractivity contribution in [3.63, 3.8) is 0 Å². The Morgan fingerprint density at radius 2 is 1.79 bits per heavy atom. The molecule has 1 aromatic carbocycles. The van der Waals surface area contributed by atoms with Crippen LogP contribution in [0.5, 0.6) is 0 Å². The number of benzene rings is 1. The second-order valence-electron chi connectivity index (χ2n) is 2.52. The molecule has 0 atom stereocenters. The van der Waals surface area contributed by atoms with E-state index in [2.05, 4.69) is 0 Å². The van der Waals surface area contributed by atoms with E-state index >= 15 is 0 Å². The zero-order valence-corrected chi connectivity index (χ0v) is 7.86. The van der Waals surface area contributed by atoms with E-state index in [4.69, 9.17) is 0 Å². The lowest BCUT2D eigenvalue weighted by molar-refractivity contribution is -0.167. The molecule has 0 aliphatic carbocycles. The summed E-state index contributed by atoms with van der Waals surface area (Å²) >= 11 is 0.886.